The van der Waals surface area contributed by atoms with Crippen molar-refractivity contribution in [2.24, 2.45) is 0 Å². The van der Waals surface area contributed by atoms with Crippen LogP contribution in [-0.4, -0.2) is 22.6 Å². The van der Waals surface area contributed by atoms with Crippen molar-refractivity contribution in [3.8, 4) is 0 Å². The van der Waals surface area contributed by atoms with Crippen LogP contribution in [0.1, 0.15) is 38.7 Å². The second-order valence-corrected chi connectivity index (χ2v) is 4.22. The molecule has 16 heavy (non-hydrogen) atoms. The molecular formula is C13H21N3. The second kappa shape index (κ2) is 6.38. The van der Waals surface area contributed by atoms with Gasteiger partial charge in [-0.2, -0.15) is 0 Å². The van der Waals surface area contributed by atoms with Crippen LogP contribution < -0.4 is 5.32 Å². The van der Waals surface area contributed by atoms with Crippen molar-refractivity contribution in [2.75, 3.05) is 6.54 Å². The van der Waals surface area contributed by atoms with Crippen LogP contribution in [0, 0.1) is 6.92 Å². The maximum absolute atomic E-state index is 4.37. The molecule has 0 radical (unpaired) electrons. The molecule has 0 aliphatic heterocycles. The van der Waals surface area contributed by atoms with Gasteiger partial charge in [0.25, 0.3) is 0 Å². The molecule has 1 aromatic rings. The molecule has 1 rings (SSSR count). The van der Waals surface area contributed by atoms with E-state index < -0.39 is 0 Å². The maximum Gasteiger partial charge on any atom is 0.125 e. The van der Waals surface area contributed by atoms with E-state index in [0.29, 0.717) is 6.04 Å². The average molecular weight is 219 g/mol. The summed E-state index contributed by atoms with van der Waals surface area (Å²) in [5.74, 6) is 0.820. The predicted molar refractivity (Wildman–Crippen MR) is 68.2 cm³/mol. The Morgan fingerprint density at radius 2 is 2.25 bits per heavy atom. The van der Waals surface area contributed by atoms with Crippen LogP contribution in [0.2, 0.25) is 0 Å². The van der Waals surface area contributed by atoms with E-state index >= 15 is 0 Å². The molecule has 1 N–H and O–H groups in total. The molecule has 3 nitrogen and oxygen atoms in total. The Balaban J connectivity index is 2.71. The van der Waals surface area contributed by atoms with Gasteiger partial charge in [-0.15, -0.1) is 0 Å². The Hall–Kier alpha value is -1.22. The number of aryl methyl sites for hydroxylation is 1. The van der Waals surface area contributed by atoms with Crippen molar-refractivity contribution in [2.45, 2.75) is 40.2 Å². The van der Waals surface area contributed by atoms with Gasteiger partial charge in [-0.25, -0.2) is 9.97 Å². The van der Waals surface area contributed by atoms with Gasteiger partial charge in [-0.1, -0.05) is 26.3 Å². The first-order chi connectivity index (χ1) is 7.61. The molecule has 1 aromatic heterocycles. The van der Waals surface area contributed by atoms with Crippen molar-refractivity contribution in [1.82, 2.24) is 15.3 Å². The van der Waals surface area contributed by atoms with Gasteiger partial charge < -0.3 is 5.32 Å². The lowest BCUT2D eigenvalue weighted by atomic mass is 10.1. The summed E-state index contributed by atoms with van der Waals surface area (Å²) >= 11 is 0. The van der Waals surface area contributed by atoms with Crippen LogP contribution in [0.4, 0.5) is 0 Å². The lowest BCUT2D eigenvalue weighted by Gasteiger charge is -2.10. The van der Waals surface area contributed by atoms with Crippen LogP contribution in [-0.2, 0) is 0 Å². The quantitative estimate of drug-likeness (QED) is 0.827. The highest BCUT2D eigenvalue weighted by Gasteiger charge is 1.98. The zero-order chi connectivity index (χ0) is 12.0. The SMILES string of the molecule is CC/C(=C/c1ccnc(C)n1)CNC(C)C. The molecule has 0 saturated carbocycles. The summed E-state index contributed by atoms with van der Waals surface area (Å²) in [5.41, 5.74) is 2.36. The molecule has 0 bridgehead atoms. The fourth-order valence-electron chi connectivity index (χ4n) is 1.38. The summed E-state index contributed by atoms with van der Waals surface area (Å²) < 4.78 is 0. The van der Waals surface area contributed by atoms with Crippen molar-refractivity contribution in [1.29, 1.82) is 0 Å². The zero-order valence-corrected chi connectivity index (χ0v) is 10.6. The zero-order valence-electron chi connectivity index (χ0n) is 10.6. The second-order valence-electron chi connectivity index (χ2n) is 4.22. The third-order valence-corrected chi connectivity index (χ3v) is 2.34. The van der Waals surface area contributed by atoms with E-state index in [9.17, 15) is 0 Å². The Morgan fingerprint density at radius 3 is 2.81 bits per heavy atom. The molecule has 0 amide bonds. The molecule has 0 fully saturated rings. The molecule has 0 saturated heterocycles. The van der Waals surface area contributed by atoms with E-state index in [1.54, 1.807) is 6.20 Å². The van der Waals surface area contributed by atoms with Gasteiger partial charge in [0.15, 0.2) is 0 Å². The molecule has 0 aliphatic carbocycles. The average Bonchev–Trinajstić information content (AvgIpc) is 2.24. The fraction of sp³-hybridized carbons (Fsp3) is 0.538. The third-order valence-electron chi connectivity index (χ3n) is 2.34. The minimum absolute atomic E-state index is 0.516. The minimum Gasteiger partial charge on any atom is -0.311 e. The van der Waals surface area contributed by atoms with Crippen molar-refractivity contribution in [3.05, 3.63) is 29.4 Å². The van der Waals surface area contributed by atoms with Gasteiger partial charge in [0.1, 0.15) is 5.82 Å². The Bertz CT molecular complexity index is 356. The van der Waals surface area contributed by atoms with Gasteiger partial charge in [0.05, 0.1) is 5.69 Å². The van der Waals surface area contributed by atoms with Crippen LogP contribution in [0.25, 0.3) is 6.08 Å². The fourth-order valence-corrected chi connectivity index (χ4v) is 1.38. The molecular weight excluding hydrogens is 198 g/mol. The summed E-state index contributed by atoms with van der Waals surface area (Å²) in [7, 11) is 0. The first-order valence-corrected chi connectivity index (χ1v) is 5.84. The molecule has 0 spiro atoms. The normalized spacial score (nSPS) is 12.2. The molecule has 88 valence electrons. The van der Waals surface area contributed by atoms with Gasteiger partial charge in [-0.3, -0.25) is 0 Å². The molecule has 0 atom stereocenters. The summed E-state index contributed by atoms with van der Waals surface area (Å²) in [4.78, 5) is 8.46. The van der Waals surface area contributed by atoms with E-state index in [1.165, 1.54) is 5.57 Å². The van der Waals surface area contributed by atoms with E-state index in [1.807, 2.05) is 13.0 Å². The molecule has 0 aromatic carbocycles. The van der Waals surface area contributed by atoms with Crippen molar-refractivity contribution < 1.29 is 0 Å². The highest BCUT2D eigenvalue weighted by atomic mass is 14.9. The van der Waals surface area contributed by atoms with Crippen molar-refractivity contribution >= 4 is 6.08 Å². The van der Waals surface area contributed by atoms with Gasteiger partial charge >= 0.3 is 0 Å². The summed E-state index contributed by atoms with van der Waals surface area (Å²) in [6, 6.07) is 2.46. The topological polar surface area (TPSA) is 37.8 Å². The van der Waals surface area contributed by atoms with E-state index in [4.69, 9.17) is 0 Å². The van der Waals surface area contributed by atoms with Gasteiger partial charge in [-0.05, 0) is 25.5 Å². The third kappa shape index (κ3) is 4.53. The molecule has 1 heterocycles. The van der Waals surface area contributed by atoms with E-state index in [2.05, 4.69) is 42.1 Å². The highest BCUT2D eigenvalue weighted by molar-refractivity contribution is 5.48. The van der Waals surface area contributed by atoms with Crippen LogP contribution in [0.5, 0.6) is 0 Å². The number of nitrogens with zero attached hydrogens (tertiary/aromatic N) is 2. The lowest BCUT2D eigenvalue weighted by Crippen LogP contribution is -2.24. The smallest absolute Gasteiger partial charge is 0.125 e. The Kier molecular flexibility index (Phi) is 5.12. The first kappa shape index (κ1) is 12.8. The minimum atomic E-state index is 0.516. The number of hydrogen-bond donors (Lipinski definition) is 1. The van der Waals surface area contributed by atoms with Crippen LogP contribution in [0.15, 0.2) is 17.8 Å². The number of rotatable bonds is 5. The predicted octanol–water partition coefficient (Wildman–Crippen LogP) is 2.58. The van der Waals surface area contributed by atoms with Crippen LogP contribution >= 0.6 is 0 Å². The number of aromatic nitrogens is 2. The standard InChI is InChI=1S/C13H21N3/c1-5-12(9-15-10(2)3)8-13-6-7-14-11(4)16-13/h6-8,10,15H,5,9H2,1-4H3/b12-8-. The molecule has 0 aliphatic rings. The monoisotopic (exact) mass is 219 g/mol. The first-order valence-electron chi connectivity index (χ1n) is 5.84. The van der Waals surface area contributed by atoms with E-state index in [0.717, 1.165) is 24.5 Å². The Morgan fingerprint density at radius 1 is 1.50 bits per heavy atom. The van der Waals surface area contributed by atoms with Crippen molar-refractivity contribution in [3.63, 3.8) is 0 Å². The Labute approximate surface area is 98.0 Å². The number of nitrogens with one attached hydrogen (secondary N) is 1. The number of hydrogen-bond acceptors (Lipinski definition) is 3. The summed E-state index contributed by atoms with van der Waals surface area (Å²) in [6.07, 6.45) is 4.99. The van der Waals surface area contributed by atoms with Crippen LogP contribution in [0.3, 0.4) is 0 Å². The maximum atomic E-state index is 4.37. The van der Waals surface area contributed by atoms with E-state index in [-0.39, 0.29) is 0 Å². The summed E-state index contributed by atoms with van der Waals surface area (Å²) in [6.45, 7) is 9.32. The summed E-state index contributed by atoms with van der Waals surface area (Å²) in [5, 5.41) is 3.42. The highest BCUT2D eigenvalue weighted by Crippen LogP contribution is 2.07. The largest absolute Gasteiger partial charge is 0.311 e. The molecule has 0 unspecified atom stereocenters. The van der Waals surface area contributed by atoms with Gasteiger partial charge in [0.2, 0.25) is 0 Å². The lowest BCUT2D eigenvalue weighted by molar-refractivity contribution is 0.617. The molecule has 3 heteroatoms. The van der Waals surface area contributed by atoms with Gasteiger partial charge in [0, 0.05) is 18.8 Å².